The summed E-state index contributed by atoms with van der Waals surface area (Å²) in [6, 6.07) is 2.71. The van der Waals surface area contributed by atoms with Crippen LogP contribution in [0, 0.1) is 10.1 Å². The predicted octanol–water partition coefficient (Wildman–Crippen LogP) is 0.436. The summed E-state index contributed by atoms with van der Waals surface area (Å²) in [4.78, 5) is 21.7. The molecule has 17 heavy (non-hydrogen) atoms. The average molecular weight is 241 g/mol. The van der Waals surface area contributed by atoms with Crippen molar-refractivity contribution in [1.29, 1.82) is 0 Å². The van der Waals surface area contributed by atoms with E-state index in [0.29, 0.717) is 19.4 Å². The van der Waals surface area contributed by atoms with Crippen molar-refractivity contribution in [3.05, 3.63) is 27.9 Å². The number of nitrogens with zero attached hydrogens (tertiary/aromatic N) is 2. The van der Waals surface area contributed by atoms with E-state index < -0.39 is 4.92 Å². The highest BCUT2D eigenvalue weighted by atomic mass is 16.6. The normalized spacial score (nSPS) is 10.2. The Morgan fingerprint density at radius 1 is 1.53 bits per heavy atom. The number of rotatable bonds is 6. The first-order chi connectivity index (χ1) is 8.07. The van der Waals surface area contributed by atoms with E-state index in [1.165, 1.54) is 23.7 Å². The van der Waals surface area contributed by atoms with Gasteiger partial charge in [0.15, 0.2) is 5.69 Å². The van der Waals surface area contributed by atoms with Crippen molar-refractivity contribution in [3.8, 4) is 0 Å². The Bertz CT molecular complexity index is 414. The largest absolute Gasteiger partial charge is 0.396 e. The second-order valence-corrected chi connectivity index (χ2v) is 3.58. The minimum absolute atomic E-state index is 0.0888. The summed E-state index contributed by atoms with van der Waals surface area (Å²) in [6.45, 7) is 0.532. The van der Waals surface area contributed by atoms with E-state index in [2.05, 4.69) is 5.32 Å². The number of carbonyl (C=O) groups excluding carboxylic acids is 1. The fourth-order valence-corrected chi connectivity index (χ4v) is 1.44. The van der Waals surface area contributed by atoms with Crippen molar-refractivity contribution in [3.63, 3.8) is 0 Å². The fourth-order valence-electron chi connectivity index (χ4n) is 1.44. The van der Waals surface area contributed by atoms with Gasteiger partial charge in [-0.15, -0.1) is 0 Å². The summed E-state index contributed by atoms with van der Waals surface area (Å²) in [5, 5.41) is 21.8. The molecule has 0 atom stereocenters. The lowest BCUT2D eigenvalue weighted by Crippen LogP contribution is -2.26. The Hall–Kier alpha value is -1.89. The Morgan fingerprint density at radius 3 is 2.76 bits per heavy atom. The monoisotopic (exact) mass is 241 g/mol. The third-order valence-electron chi connectivity index (χ3n) is 2.39. The molecule has 0 bridgehead atoms. The van der Waals surface area contributed by atoms with Crippen LogP contribution in [0.2, 0.25) is 0 Å². The van der Waals surface area contributed by atoms with Crippen molar-refractivity contribution in [2.45, 2.75) is 12.8 Å². The van der Waals surface area contributed by atoms with E-state index in [0.717, 1.165) is 0 Å². The number of nitrogens with one attached hydrogen (secondary N) is 1. The van der Waals surface area contributed by atoms with Gasteiger partial charge < -0.3 is 20.5 Å². The van der Waals surface area contributed by atoms with Crippen molar-refractivity contribution in [2.24, 2.45) is 7.05 Å². The minimum atomic E-state index is -0.539. The lowest BCUT2D eigenvalue weighted by atomic mass is 10.3. The average Bonchev–Trinajstić information content (AvgIpc) is 2.66. The maximum Gasteiger partial charge on any atom is 0.323 e. The number of aliphatic hydroxyl groups excluding tert-OH is 1. The molecule has 0 radical (unpaired) electrons. The highest BCUT2D eigenvalue weighted by molar-refractivity contribution is 5.93. The zero-order chi connectivity index (χ0) is 12.8. The van der Waals surface area contributed by atoms with E-state index in [4.69, 9.17) is 5.11 Å². The van der Waals surface area contributed by atoms with Crippen molar-refractivity contribution in [1.82, 2.24) is 9.88 Å². The molecule has 0 aromatic carbocycles. The zero-order valence-electron chi connectivity index (χ0n) is 9.55. The Labute approximate surface area is 98.2 Å². The van der Waals surface area contributed by atoms with E-state index in [1.54, 1.807) is 0 Å². The Balaban J connectivity index is 2.60. The molecule has 7 heteroatoms. The molecule has 1 aromatic heterocycles. The van der Waals surface area contributed by atoms with Gasteiger partial charge in [-0.2, -0.15) is 0 Å². The van der Waals surface area contributed by atoms with Gasteiger partial charge in [-0.3, -0.25) is 4.79 Å². The van der Waals surface area contributed by atoms with Gasteiger partial charge in [0.05, 0.1) is 7.05 Å². The van der Waals surface area contributed by atoms with Gasteiger partial charge in [-0.1, -0.05) is 0 Å². The lowest BCUT2D eigenvalue weighted by Gasteiger charge is -2.03. The highest BCUT2D eigenvalue weighted by Gasteiger charge is 2.19. The molecule has 1 aromatic rings. The number of nitro groups is 1. The predicted molar refractivity (Wildman–Crippen MR) is 60.7 cm³/mol. The number of aliphatic hydroxyl groups is 1. The maximum atomic E-state index is 11.6. The number of aromatic nitrogens is 1. The molecular weight excluding hydrogens is 226 g/mol. The number of amides is 1. The van der Waals surface area contributed by atoms with Crippen LogP contribution in [0.15, 0.2) is 12.1 Å². The zero-order valence-corrected chi connectivity index (χ0v) is 9.55. The fraction of sp³-hybridized carbons (Fsp3) is 0.500. The lowest BCUT2D eigenvalue weighted by molar-refractivity contribution is -0.391. The summed E-state index contributed by atoms with van der Waals surface area (Å²) >= 11 is 0. The first kappa shape index (κ1) is 13.2. The molecule has 2 N–H and O–H groups in total. The summed E-state index contributed by atoms with van der Waals surface area (Å²) in [5.74, 6) is -0.468. The van der Waals surface area contributed by atoms with Crippen molar-refractivity contribution >= 4 is 11.7 Å². The van der Waals surface area contributed by atoms with Crippen LogP contribution in [0.3, 0.4) is 0 Å². The van der Waals surface area contributed by atoms with Crippen LogP contribution in [-0.2, 0) is 7.05 Å². The van der Waals surface area contributed by atoms with E-state index in [-0.39, 0.29) is 24.0 Å². The number of carbonyl (C=O) groups is 1. The van der Waals surface area contributed by atoms with Gasteiger partial charge in [0.25, 0.3) is 5.91 Å². The van der Waals surface area contributed by atoms with Gasteiger partial charge in [0.1, 0.15) is 0 Å². The topological polar surface area (TPSA) is 97.4 Å². The minimum Gasteiger partial charge on any atom is -0.396 e. The van der Waals surface area contributed by atoms with Crippen LogP contribution < -0.4 is 5.32 Å². The third-order valence-corrected chi connectivity index (χ3v) is 2.39. The SMILES string of the molecule is Cn1c(C(=O)NCCCCO)ccc1[N+](=O)[O-]. The number of unbranched alkanes of at least 4 members (excludes halogenated alkanes) is 1. The summed E-state index contributed by atoms with van der Waals surface area (Å²) in [7, 11) is 1.47. The standard InChI is InChI=1S/C10H15N3O4/c1-12-8(4-5-9(12)13(16)17)10(15)11-6-2-3-7-14/h4-5,14H,2-3,6-7H2,1H3,(H,11,15). The van der Waals surface area contributed by atoms with Crippen LogP contribution in [0.1, 0.15) is 23.3 Å². The molecule has 1 rings (SSSR count). The number of hydrogen-bond donors (Lipinski definition) is 2. The van der Waals surface area contributed by atoms with Gasteiger partial charge in [-0.25, -0.2) is 4.57 Å². The smallest absolute Gasteiger partial charge is 0.323 e. The van der Waals surface area contributed by atoms with Crippen molar-refractivity contribution < 1.29 is 14.8 Å². The van der Waals surface area contributed by atoms with Crippen molar-refractivity contribution in [2.75, 3.05) is 13.2 Å². The summed E-state index contributed by atoms with van der Waals surface area (Å²) < 4.78 is 1.24. The quantitative estimate of drug-likeness (QED) is 0.429. The summed E-state index contributed by atoms with van der Waals surface area (Å²) in [5.41, 5.74) is 0.251. The molecule has 0 spiro atoms. The summed E-state index contributed by atoms with van der Waals surface area (Å²) in [6.07, 6.45) is 1.29. The van der Waals surface area contributed by atoms with Crippen LogP contribution >= 0.6 is 0 Å². The van der Waals surface area contributed by atoms with Crippen LogP contribution in [0.4, 0.5) is 5.82 Å². The molecule has 7 nitrogen and oxygen atoms in total. The third kappa shape index (κ3) is 3.28. The molecule has 0 unspecified atom stereocenters. The molecule has 0 fully saturated rings. The van der Waals surface area contributed by atoms with Crippen LogP contribution in [0.5, 0.6) is 0 Å². The van der Waals surface area contributed by atoms with Gasteiger partial charge in [0.2, 0.25) is 0 Å². The van der Waals surface area contributed by atoms with E-state index >= 15 is 0 Å². The van der Waals surface area contributed by atoms with E-state index in [1.807, 2.05) is 0 Å². The van der Waals surface area contributed by atoms with E-state index in [9.17, 15) is 14.9 Å². The van der Waals surface area contributed by atoms with Gasteiger partial charge in [-0.05, 0) is 23.8 Å². The molecule has 0 saturated carbocycles. The molecule has 0 aliphatic carbocycles. The Morgan fingerprint density at radius 2 is 2.24 bits per heavy atom. The number of hydrogen-bond acceptors (Lipinski definition) is 4. The molecule has 1 amide bonds. The maximum absolute atomic E-state index is 11.6. The molecule has 1 heterocycles. The Kier molecular flexibility index (Phi) is 4.65. The highest BCUT2D eigenvalue weighted by Crippen LogP contribution is 2.14. The molecule has 94 valence electrons. The van der Waals surface area contributed by atoms with Gasteiger partial charge >= 0.3 is 5.82 Å². The first-order valence-electron chi connectivity index (χ1n) is 5.27. The molecular formula is C10H15N3O4. The molecule has 0 aliphatic heterocycles. The first-order valence-corrected chi connectivity index (χ1v) is 5.27. The van der Waals surface area contributed by atoms with Crippen LogP contribution in [-0.4, -0.2) is 33.7 Å². The molecule has 0 aliphatic rings. The second kappa shape index (κ2) is 6.00. The van der Waals surface area contributed by atoms with Crippen LogP contribution in [0.25, 0.3) is 0 Å². The second-order valence-electron chi connectivity index (χ2n) is 3.58. The van der Waals surface area contributed by atoms with Gasteiger partial charge in [0, 0.05) is 19.2 Å². The molecule has 0 saturated heterocycles.